The zero-order chi connectivity index (χ0) is 13.0. The van der Waals surface area contributed by atoms with E-state index in [4.69, 9.17) is 11.6 Å². The van der Waals surface area contributed by atoms with E-state index in [0.29, 0.717) is 6.04 Å². The number of hydrogen-bond acceptors (Lipinski definition) is 2. The molecular weight excluding hydrogens is 246 g/mol. The predicted molar refractivity (Wildman–Crippen MR) is 75.9 cm³/mol. The molecule has 1 aromatic carbocycles. The number of hydrogen-bond donors (Lipinski definition) is 2. The minimum absolute atomic E-state index is 0.111. The van der Waals surface area contributed by atoms with Gasteiger partial charge in [-0.25, -0.2) is 0 Å². The first-order chi connectivity index (χ1) is 8.70. The Hall–Kier alpha value is -0.570. The molecule has 0 spiro atoms. The molecule has 1 atom stereocenters. The summed E-state index contributed by atoms with van der Waals surface area (Å²) in [7, 11) is 0. The van der Waals surface area contributed by atoms with Crippen molar-refractivity contribution in [3.05, 3.63) is 34.9 Å². The lowest BCUT2D eigenvalue weighted by molar-refractivity contribution is 0.142. The van der Waals surface area contributed by atoms with Crippen LogP contribution in [0.25, 0.3) is 0 Å². The average Bonchev–Trinajstić information content (AvgIpc) is 2.89. The van der Waals surface area contributed by atoms with Gasteiger partial charge in [-0.1, -0.05) is 43.5 Å². The molecule has 1 saturated carbocycles. The molecule has 0 saturated heterocycles. The van der Waals surface area contributed by atoms with E-state index in [1.54, 1.807) is 0 Å². The SMILES string of the molecule is CCC(CO)(NC1CCCC1)c1cccc(Cl)c1. The molecule has 3 heteroatoms. The van der Waals surface area contributed by atoms with Crippen molar-refractivity contribution >= 4 is 11.6 Å². The monoisotopic (exact) mass is 267 g/mol. The van der Waals surface area contributed by atoms with E-state index in [1.807, 2.05) is 24.3 Å². The Bertz CT molecular complexity index is 384. The molecule has 0 amide bonds. The van der Waals surface area contributed by atoms with Crippen LogP contribution in [0.4, 0.5) is 0 Å². The van der Waals surface area contributed by atoms with Crippen molar-refractivity contribution in [3.63, 3.8) is 0 Å². The second-order valence-electron chi connectivity index (χ2n) is 5.23. The minimum Gasteiger partial charge on any atom is -0.394 e. The first-order valence-electron chi connectivity index (χ1n) is 6.85. The fraction of sp³-hybridized carbons (Fsp3) is 0.600. The Balaban J connectivity index is 2.24. The highest BCUT2D eigenvalue weighted by Crippen LogP contribution is 2.30. The van der Waals surface area contributed by atoms with Crippen molar-refractivity contribution in [2.75, 3.05) is 6.61 Å². The van der Waals surface area contributed by atoms with Crippen LogP contribution >= 0.6 is 11.6 Å². The van der Waals surface area contributed by atoms with Gasteiger partial charge in [0.15, 0.2) is 0 Å². The molecule has 1 aliphatic rings. The van der Waals surface area contributed by atoms with Crippen LogP contribution in [0.3, 0.4) is 0 Å². The lowest BCUT2D eigenvalue weighted by Crippen LogP contribution is -2.49. The van der Waals surface area contributed by atoms with Crippen molar-refractivity contribution < 1.29 is 5.11 Å². The summed E-state index contributed by atoms with van der Waals surface area (Å²) >= 11 is 6.07. The molecule has 1 fully saturated rings. The summed E-state index contributed by atoms with van der Waals surface area (Å²) in [5, 5.41) is 14.3. The minimum atomic E-state index is -0.347. The quantitative estimate of drug-likeness (QED) is 0.856. The maximum absolute atomic E-state index is 9.88. The Labute approximate surface area is 114 Å². The molecule has 0 aliphatic heterocycles. The third-order valence-corrected chi connectivity index (χ3v) is 4.32. The lowest BCUT2D eigenvalue weighted by Gasteiger charge is -2.36. The van der Waals surface area contributed by atoms with Gasteiger partial charge < -0.3 is 10.4 Å². The summed E-state index contributed by atoms with van der Waals surface area (Å²) in [5.41, 5.74) is 0.742. The molecular formula is C15H22ClNO. The summed E-state index contributed by atoms with van der Waals surface area (Å²) in [5.74, 6) is 0. The molecule has 1 aliphatic carbocycles. The van der Waals surface area contributed by atoms with Crippen LogP contribution in [-0.2, 0) is 5.54 Å². The van der Waals surface area contributed by atoms with E-state index < -0.39 is 0 Å². The number of aliphatic hydroxyl groups excluding tert-OH is 1. The van der Waals surface area contributed by atoms with Gasteiger partial charge in [-0.15, -0.1) is 0 Å². The Morgan fingerprint density at radius 1 is 1.39 bits per heavy atom. The normalized spacial score (nSPS) is 19.9. The van der Waals surface area contributed by atoms with Crippen LogP contribution < -0.4 is 5.32 Å². The molecule has 0 radical (unpaired) electrons. The molecule has 2 nitrogen and oxygen atoms in total. The van der Waals surface area contributed by atoms with Gasteiger partial charge in [0.1, 0.15) is 0 Å². The summed E-state index contributed by atoms with van der Waals surface area (Å²) in [4.78, 5) is 0. The van der Waals surface area contributed by atoms with Gasteiger partial charge in [0.25, 0.3) is 0 Å². The maximum Gasteiger partial charge on any atom is 0.0669 e. The van der Waals surface area contributed by atoms with Crippen molar-refractivity contribution in [3.8, 4) is 0 Å². The van der Waals surface area contributed by atoms with Gasteiger partial charge in [-0.05, 0) is 37.0 Å². The van der Waals surface area contributed by atoms with Gasteiger partial charge >= 0.3 is 0 Å². The number of nitrogens with one attached hydrogen (secondary N) is 1. The average molecular weight is 268 g/mol. The molecule has 0 heterocycles. The Kier molecular flexibility index (Phi) is 4.66. The molecule has 2 rings (SSSR count). The fourth-order valence-electron chi connectivity index (χ4n) is 2.89. The topological polar surface area (TPSA) is 32.3 Å². The molecule has 1 unspecified atom stereocenters. The van der Waals surface area contributed by atoms with Gasteiger partial charge in [0.05, 0.1) is 12.1 Å². The molecule has 18 heavy (non-hydrogen) atoms. The summed E-state index contributed by atoms with van der Waals surface area (Å²) in [6.07, 6.45) is 5.86. The molecule has 0 bridgehead atoms. The van der Waals surface area contributed by atoms with Crippen LogP contribution in [0.5, 0.6) is 0 Å². The molecule has 2 N–H and O–H groups in total. The highest BCUT2D eigenvalue weighted by Gasteiger charge is 2.33. The highest BCUT2D eigenvalue weighted by molar-refractivity contribution is 6.30. The molecule has 100 valence electrons. The summed E-state index contributed by atoms with van der Waals surface area (Å²) in [6.45, 7) is 2.22. The molecule has 0 aromatic heterocycles. The van der Waals surface area contributed by atoms with E-state index in [9.17, 15) is 5.11 Å². The van der Waals surface area contributed by atoms with E-state index in [1.165, 1.54) is 25.7 Å². The highest BCUT2D eigenvalue weighted by atomic mass is 35.5. The number of halogens is 1. The van der Waals surface area contributed by atoms with Crippen molar-refractivity contribution in [1.82, 2.24) is 5.32 Å². The van der Waals surface area contributed by atoms with Crippen molar-refractivity contribution in [2.45, 2.75) is 50.6 Å². The van der Waals surface area contributed by atoms with E-state index >= 15 is 0 Å². The van der Waals surface area contributed by atoms with E-state index in [-0.39, 0.29) is 12.1 Å². The van der Waals surface area contributed by atoms with Crippen LogP contribution in [0.15, 0.2) is 24.3 Å². The summed E-state index contributed by atoms with van der Waals surface area (Å²) in [6, 6.07) is 8.36. The van der Waals surface area contributed by atoms with Crippen LogP contribution in [0, 0.1) is 0 Å². The first kappa shape index (κ1) is 13.9. The second kappa shape index (κ2) is 6.05. The predicted octanol–water partition coefficient (Wildman–Crippen LogP) is 3.47. The van der Waals surface area contributed by atoms with Gasteiger partial charge in [-0.3, -0.25) is 0 Å². The van der Waals surface area contributed by atoms with Crippen molar-refractivity contribution in [1.29, 1.82) is 0 Å². The van der Waals surface area contributed by atoms with E-state index in [2.05, 4.69) is 12.2 Å². The number of rotatable bonds is 5. The maximum atomic E-state index is 9.88. The third-order valence-electron chi connectivity index (χ3n) is 4.09. The molecule has 1 aromatic rings. The second-order valence-corrected chi connectivity index (χ2v) is 5.67. The fourth-order valence-corrected chi connectivity index (χ4v) is 3.08. The van der Waals surface area contributed by atoms with Gasteiger partial charge in [0.2, 0.25) is 0 Å². The number of aliphatic hydroxyl groups is 1. The zero-order valence-corrected chi connectivity index (χ0v) is 11.7. The smallest absolute Gasteiger partial charge is 0.0669 e. The first-order valence-corrected chi connectivity index (χ1v) is 7.22. The largest absolute Gasteiger partial charge is 0.394 e. The Morgan fingerprint density at radius 3 is 2.67 bits per heavy atom. The van der Waals surface area contributed by atoms with Crippen LogP contribution in [0.1, 0.15) is 44.6 Å². The van der Waals surface area contributed by atoms with Crippen LogP contribution in [0.2, 0.25) is 5.02 Å². The number of benzene rings is 1. The summed E-state index contributed by atoms with van der Waals surface area (Å²) < 4.78 is 0. The Morgan fingerprint density at radius 2 is 2.11 bits per heavy atom. The standard InChI is InChI=1S/C15H22ClNO/c1-2-15(11-18,17-14-8-3-4-9-14)12-6-5-7-13(16)10-12/h5-7,10,14,17-18H,2-4,8-9,11H2,1H3. The zero-order valence-electron chi connectivity index (χ0n) is 11.0. The van der Waals surface area contributed by atoms with Crippen molar-refractivity contribution in [2.24, 2.45) is 0 Å². The van der Waals surface area contributed by atoms with Gasteiger partial charge in [-0.2, -0.15) is 0 Å². The third kappa shape index (κ3) is 2.87. The van der Waals surface area contributed by atoms with Gasteiger partial charge in [0, 0.05) is 11.1 Å². The van der Waals surface area contributed by atoms with Crippen LogP contribution in [-0.4, -0.2) is 17.8 Å². The lowest BCUT2D eigenvalue weighted by atomic mass is 9.87. The van der Waals surface area contributed by atoms with E-state index in [0.717, 1.165) is 17.0 Å².